The third kappa shape index (κ3) is 3.17. The van der Waals surface area contributed by atoms with Gasteiger partial charge in [-0.15, -0.1) is 0 Å². The van der Waals surface area contributed by atoms with Crippen LogP contribution in [0.3, 0.4) is 0 Å². The highest BCUT2D eigenvalue weighted by Gasteiger charge is 2.08. The lowest BCUT2D eigenvalue weighted by atomic mass is 10.0. The van der Waals surface area contributed by atoms with E-state index in [4.69, 9.17) is 17.3 Å². The molecule has 0 radical (unpaired) electrons. The third-order valence-corrected chi connectivity index (χ3v) is 2.02. The summed E-state index contributed by atoms with van der Waals surface area (Å²) in [5.41, 5.74) is 6.69. The Labute approximate surface area is 82.7 Å². The van der Waals surface area contributed by atoms with Crippen LogP contribution < -0.4 is 5.73 Å². The number of carbonyl (C=O) groups excluding carboxylic acids is 1. The fourth-order valence-corrected chi connectivity index (χ4v) is 1.36. The lowest BCUT2D eigenvalue weighted by Gasteiger charge is -2.09. The zero-order valence-corrected chi connectivity index (χ0v) is 8.21. The van der Waals surface area contributed by atoms with Crippen LogP contribution in [0.15, 0.2) is 24.3 Å². The standard InChI is InChI=1S/C10H12ClNO/c1-7(13)5-10(12)8-3-2-4-9(11)6-8/h2-4,6,10H,5,12H2,1H3/t10-/m1/s1. The van der Waals surface area contributed by atoms with Crippen molar-refractivity contribution in [3.05, 3.63) is 34.9 Å². The monoisotopic (exact) mass is 197 g/mol. The van der Waals surface area contributed by atoms with Crippen LogP contribution in [0.2, 0.25) is 5.02 Å². The molecule has 0 unspecified atom stereocenters. The van der Waals surface area contributed by atoms with Gasteiger partial charge in [-0.25, -0.2) is 0 Å². The summed E-state index contributed by atoms with van der Waals surface area (Å²) in [5, 5.41) is 0.650. The molecule has 0 spiro atoms. The highest BCUT2D eigenvalue weighted by atomic mass is 35.5. The van der Waals surface area contributed by atoms with Gasteiger partial charge in [0.25, 0.3) is 0 Å². The van der Waals surface area contributed by atoms with Crippen molar-refractivity contribution < 1.29 is 4.79 Å². The van der Waals surface area contributed by atoms with Gasteiger partial charge in [0, 0.05) is 17.5 Å². The normalized spacial score (nSPS) is 12.5. The highest BCUT2D eigenvalue weighted by molar-refractivity contribution is 6.30. The van der Waals surface area contributed by atoms with Gasteiger partial charge in [-0.2, -0.15) is 0 Å². The predicted molar refractivity (Wildman–Crippen MR) is 53.7 cm³/mol. The minimum Gasteiger partial charge on any atom is -0.324 e. The Morgan fingerprint density at radius 3 is 2.85 bits per heavy atom. The first kappa shape index (κ1) is 10.2. The van der Waals surface area contributed by atoms with Crippen molar-refractivity contribution in [2.24, 2.45) is 5.73 Å². The zero-order chi connectivity index (χ0) is 9.84. The molecule has 0 bridgehead atoms. The van der Waals surface area contributed by atoms with E-state index >= 15 is 0 Å². The lowest BCUT2D eigenvalue weighted by molar-refractivity contribution is -0.117. The van der Waals surface area contributed by atoms with Crippen molar-refractivity contribution in [3.8, 4) is 0 Å². The molecule has 0 fully saturated rings. The summed E-state index contributed by atoms with van der Waals surface area (Å²) in [4.78, 5) is 10.8. The van der Waals surface area contributed by atoms with Gasteiger partial charge in [-0.3, -0.25) is 4.79 Å². The van der Waals surface area contributed by atoms with Crippen LogP contribution in [0, 0.1) is 0 Å². The first-order valence-electron chi connectivity index (χ1n) is 4.10. The Morgan fingerprint density at radius 1 is 1.62 bits per heavy atom. The minimum atomic E-state index is -0.240. The maximum absolute atomic E-state index is 10.8. The van der Waals surface area contributed by atoms with E-state index in [0.717, 1.165) is 5.56 Å². The van der Waals surface area contributed by atoms with E-state index in [1.54, 1.807) is 12.1 Å². The Kier molecular flexibility index (Phi) is 3.46. The molecule has 70 valence electrons. The molecule has 13 heavy (non-hydrogen) atoms. The molecule has 0 saturated carbocycles. The molecule has 2 N–H and O–H groups in total. The number of hydrogen-bond donors (Lipinski definition) is 1. The van der Waals surface area contributed by atoms with Crippen LogP contribution in [-0.4, -0.2) is 5.78 Å². The third-order valence-electron chi connectivity index (χ3n) is 1.78. The van der Waals surface area contributed by atoms with Crippen molar-refractivity contribution in [2.75, 3.05) is 0 Å². The largest absolute Gasteiger partial charge is 0.324 e. The van der Waals surface area contributed by atoms with Crippen molar-refractivity contribution in [1.29, 1.82) is 0 Å². The van der Waals surface area contributed by atoms with Gasteiger partial charge in [-0.05, 0) is 24.6 Å². The Balaban J connectivity index is 2.76. The summed E-state index contributed by atoms with van der Waals surface area (Å²) in [6.07, 6.45) is 0.361. The molecule has 1 atom stereocenters. The Morgan fingerprint density at radius 2 is 2.31 bits per heavy atom. The topological polar surface area (TPSA) is 43.1 Å². The van der Waals surface area contributed by atoms with E-state index in [1.165, 1.54) is 6.92 Å². The number of rotatable bonds is 3. The van der Waals surface area contributed by atoms with Crippen molar-refractivity contribution in [2.45, 2.75) is 19.4 Å². The molecule has 0 saturated heterocycles. The van der Waals surface area contributed by atoms with Gasteiger partial charge in [0.05, 0.1) is 0 Å². The molecule has 3 heteroatoms. The first-order valence-corrected chi connectivity index (χ1v) is 4.48. The van der Waals surface area contributed by atoms with Crippen LogP contribution in [0.5, 0.6) is 0 Å². The second-order valence-corrected chi connectivity index (χ2v) is 3.50. The molecule has 0 aromatic heterocycles. The second kappa shape index (κ2) is 4.40. The van der Waals surface area contributed by atoms with Crippen LogP contribution in [-0.2, 0) is 4.79 Å². The van der Waals surface area contributed by atoms with Crippen LogP contribution >= 0.6 is 11.6 Å². The molecule has 2 nitrogen and oxygen atoms in total. The fourth-order valence-electron chi connectivity index (χ4n) is 1.16. The fraction of sp³-hybridized carbons (Fsp3) is 0.300. The molecule has 1 rings (SSSR count). The van der Waals surface area contributed by atoms with Gasteiger partial charge in [0.15, 0.2) is 0 Å². The number of Topliss-reactive ketones (excluding diaryl/α,β-unsaturated/α-hetero) is 1. The summed E-state index contributed by atoms with van der Waals surface area (Å²) in [6.45, 7) is 1.53. The van der Waals surface area contributed by atoms with Crippen LogP contribution in [0.25, 0.3) is 0 Å². The van der Waals surface area contributed by atoms with E-state index in [9.17, 15) is 4.79 Å². The van der Waals surface area contributed by atoms with Crippen molar-refractivity contribution in [3.63, 3.8) is 0 Å². The molecule has 0 aliphatic rings. The van der Waals surface area contributed by atoms with E-state index in [2.05, 4.69) is 0 Å². The van der Waals surface area contributed by atoms with E-state index < -0.39 is 0 Å². The quantitative estimate of drug-likeness (QED) is 0.808. The lowest BCUT2D eigenvalue weighted by Crippen LogP contribution is -2.13. The molecular weight excluding hydrogens is 186 g/mol. The summed E-state index contributed by atoms with van der Waals surface area (Å²) >= 11 is 5.78. The molecule has 0 aliphatic carbocycles. The number of hydrogen-bond acceptors (Lipinski definition) is 2. The van der Waals surface area contributed by atoms with Gasteiger partial charge in [0.1, 0.15) is 5.78 Å². The van der Waals surface area contributed by atoms with Gasteiger partial charge in [-0.1, -0.05) is 23.7 Å². The maximum atomic E-state index is 10.8. The molecule has 1 aromatic carbocycles. The van der Waals surface area contributed by atoms with E-state index in [0.29, 0.717) is 11.4 Å². The number of benzene rings is 1. The van der Waals surface area contributed by atoms with Gasteiger partial charge >= 0.3 is 0 Å². The van der Waals surface area contributed by atoms with E-state index in [-0.39, 0.29) is 11.8 Å². The zero-order valence-electron chi connectivity index (χ0n) is 7.46. The average Bonchev–Trinajstić information content (AvgIpc) is 2.03. The van der Waals surface area contributed by atoms with Gasteiger partial charge < -0.3 is 5.73 Å². The SMILES string of the molecule is CC(=O)C[C@@H](N)c1cccc(Cl)c1. The smallest absolute Gasteiger partial charge is 0.131 e. The predicted octanol–water partition coefficient (Wildman–Crippen LogP) is 2.32. The molecule has 0 amide bonds. The van der Waals surface area contributed by atoms with Crippen LogP contribution in [0.1, 0.15) is 24.9 Å². The summed E-state index contributed by atoms with van der Waals surface area (Å²) in [5.74, 6) is 0.0903. The van der Waals surface area contributed by atoms with E-state index in [1.807, 2.05) is 12.1 Å². The molecule has 0 heterocycles. The number of carbonyl (C=O) groups is 1. The number of ketones is 1. The maximum Gasteiger partial charge on any atom is 0.131 e. The minimum absolute atomic E-state index is 0.0903. The second-order valence-electron chi connectivity index (χ2n) is 3.07. The summed E-state index contributed by atoms with van der Waals surface area (Å²) < 4.78 is 0. The van der Waals surface area contributed by atoms with Crippen LogP contribution in [0.4, 0.5) is 0 Å². The molecule has 1 aromatic rings. The Hall–Kier alpha value is -0.860. The summed E-state index contributed by atoms with van der Waals surface area (Å²) in [6, 6.07) is 7.04. The highest BCUT2D eigenvalue weighted by Crippen LogP contribution is 2.18. The first-order chi connectivity index (χ1) is 6.09. The molecule has 0 aliphatic heterocycles. The summed E-state index contributed by atoms with van der Waals surface area (Å²) in [7, 11) is 0. The number of halogens is 1. The average molecular weight is 198 g/mol. The van der Waals surface area contributed by atoms with Crippen molar-refractivity contribution >= 4 is 17.4 Å². The van der Waals surface area contributed by atoms with Gasteiger partial charge in [0.2, 0.25) is 0 Å². The number of nitrogens with two attached hydrogens (primary N) is 1. The Bertz CT molecular complexity index is 312. The van der Waals surface area contributed by atoms with Crippen molar-refractivity contribution in [1.82, 2.24) is 0 Å². The molecular formula is C10H12ClNO.